The fraction of sp³-hybridized carbons (Fsp3) is 0.500. The average Bonchev–Trinajstić information content (AvgIpc) is 2.71. The maximum Gasteiger partial charge on any atom is 0.101 e. The fourth-order valence-corrected chi connectivity index (χ4v) is 1.72. The highest BCUT2D eigenvalue weighted by molar-refractivity contribution is 6.30. The van der Waals surface area contributed by atoms with Gasteiger partial charge in [0.2, 0.25) is 0 Å². The second kappa shape index (κ2) is 4.26. The molecule has 2 rings (SSSR count). The zero-order valence-electron chi connectivity index (χ0n) is 7.69. The van der Waals surface area contributed by atoms with E-state index < -0.39 is 6.10 Å². The molecule has 0 aromatic carbocycles. The Morgan fingerprint density at radius 3 is 3.00 bits per heavy atom. The van der Waals surface area contributed by atoms with Crippen molar-refractivity contribution in [3.63, 3.8) is 0 Å². The van der Waals surface area contributed by atoms with E-state index >= 15 is 0 Å². The molecule has 76 valence electrons. The van der Waals surface area contributed by atoms with E-state index in [1.165, 1.54) is 0 Å². The van der Waals surface area contributed by atoms with E-state index in [2.05, 4.69) is 4.98 Å². The van der Waals surface area contributed by atoms with Crippen LogP contribution >= 0.6 is 11.6 Å². The van der Waals surface area contributed by atoms with Crippen molar-refractivity contribution in [1.82, 2.24) is 4.98 Å². The Morgan fingerprint density at radius 2 is 2.43 bits per heavy atom. The minimum atomic E-state index is -0.533. The molecule has 1 saturated heterocycles. The normalized spacial score (nSPS) is 23.7. The molecule has 2 unspecified atom stereocenters. The molecule has 3 nitrogen and oxygen atoms in total. The van der Waals surface area contributed by atoms with Crippen molar-refractivity contribution < 1.29 is 9.84 Å². The van der Waals surface area contributed by atoms with Crippen molar-refractivity contribution in [2.75, 3.05) is 13.2 Å². The van der Waals surface area contributed by atoms with Crippen molar-refractivity contribution in [1.29, 1.82) is 0 Å². The number of halogens is 1. The van der Waals surface area contributed by atoms with Gasteiger partial charge in [-0.25, -0.2) is 0 Å². The molecule has 0 amide bonds. The second-order valence-electron chi connectivity index (χ2n) is 3.47. The Kier molecular flexibility index (Phi) is 3.01. The summed E-state index contributed by atoms with van der Waals surface area (Å²) < 4.78 is 5.21. The molecule has 14 heavy (non-hydrogen) atoms. The first-order valence-corrected chi connectivity index (χ1v) is 5.02. The van der Waals surface area contributed by atoms with Gasteiger partial charge in [0.15, 0.2) is 0 Å². The Labute approximate surface area is 87.7 Å². The van der Waals surface area contributed by atoms with E-state index in [1.54, 1.807) is 18.3 Å². The van der Waals surface area contributed by atoms with Gasteiger partial charge in [0.25, 0.3) is 0 Å². The summed E-state index contributed by atoms with van der Waals surface area (Å²) in [4.78, 5) is 4.09. The monoisotopic (exact) mass is 213 g/mol. The SMILES string of the molecule is OC(c1ccc(Cl)cn1)C1CCOC1. The number of aliphatic hydroxyl groups is 1. The lowest BCUT2D eigenvalue weighted by molar-refractivity contribution is 0.0885. The molecule has 4 heteroatoms. The van der Waals surface area contributed by atoms with Crippen LogP contribution in [-0.4, -0.2) is 23.3 Å². The van der Waals surface area contributed by atoms with Crippen LogP contribution in [0.4, 0.5) is 0 Å². The summed E-state index contributed by atoms with van der Waals surface area (Å²) in [5, 5.41) is 10.5. The molecule has 1 aromatic heterocycles. The summed E-state index contributed by atoms with van der Waals surface area (Å²) in [5.74, 6) is 0.170. The second-order valence-corrected chi connectivity index (χ2v) is 3.91. The predicted molar refractivity (Wildman–Crippen MR) is 53.1 cm³/mol. The zero-order valence-corrected chi connectivity index (χ0v) is 8.44. The van der Waals surface area contributed by atoms with Crippen molar-refractivity contribution in [3.8, 4) is 0 Å². The van der Waals surface area contributed by atoms with Crippen LogP contribution in [0, 0.1) is 5.92 Å². The molecule has 2 atom stereocenters. The molecular formula is C10H12ClNO2. The standard InChI is InChI=1S/C10H12ClNO2/c11-8-1-2-9(12-5-8)10(13)7-3-4-14-6-7/h1-2,5,7,10,13H,3-4,6H2. The highest BCUT2D eigenvalue weighted by Crippen LogP contribution is 2.27. The highest BCUT2D eigenvalue weighted by Gasteiger charge is 2.25. The van der Waals surface area contributed by atoms with Gasteiger partial charge in [0, 0.05) is 18.7 Å². The third-order valence-corrected chi connectivity index (χ3v) is 2.69. The van der Waals surface area contributed by atoms with Gasteiger partial charge >= 0.3 is 0 Å². The molecular weight excluding hydrogens is 202 g/mol. The van der Waals surface area contributed by atoms with Crippen molar-refractivity contribution in [2.45, 2.75) is 12.5 Å². The summed E-state index contributed by atoms with van der Waals surface area (Å²) in [5.41, 5.74) is 0.671. The topological polar surface area (TPSA) is 42.4 Å². The number of rotatable bonds is 2. The Bertz CT molecular complexity index is 295. The van der Waals surface area contributed by atoms with Gasteiger partial charge in [-0.2, -0.15) is 0 Å². The number of pyridine rings is 1. The maximum absolute atomic E-state index is 9.93. The highest BCUT2D eigenvalue weighted by atomic mass is 35.5. The zero-order chi connectivity index (χ0) is 9.97. The lowest BCUT2D eigenvalue weighted by atomic mass is 9.99. The molecule has 1 N–H and O–H groups in total. The van der Waals surface area contributed by atoms with Crippen LogP contribution in [0.3, 0.4) is 0 Å². The fourth-order valence-electron chi connectivity index (χ4n) is 1.61. The first-order valence-electron chi connectivity index (χ1n) is 4.64. The molecule has 1 aliphatic heterocycles. The number of nitrogens with zero attached hydrogens (tertiary/aromatic N) is 1. The van der Waals surface area contributed by atoms with Gasteiger partial charge in [-0.15, -0.1) is 0 Å². The summed E-state index contributed by atoms with van der Waals surface area (Å²) in [7, 11) is 0. The van der Waals surface area contributed by atoms with Crippen LogP contribution in [-0.2, 0) is 4.74 Å². The third-order valence-electron chi connectivity index (χ3n) is 2.46. The summed E-state index contributed by atoms with van der Waals surface area (Å²) in [6, 6.07) is 3.49. The summed E-state index contributed by atoms with van der Waals surface area (Å²) >= 11 is 5.71. The number of aliphatic hydroxyl groups excluding tert-OH is 1. The predicted octanol–water partition coefficient (Wildman–Crippen LogP) is 1.80. The van der Waals surface area contributed by atoms with E-state index in [9.17, 15) is 5.11 Å². The molecule has 1 aliphatic rings. The lowest BCUT2D eigenvalue weighted by Gasteiger charge is -2.15. The van der Waals surface area contributed by atoms with Crippen LogP contribution in [0.1, 0.15) is 18.2 Å². The third kappa shape index (κ3) is 2.05. The van der Waals surface area contributed by atoms with Crippen molar-refractivity contribution >= 4 is 11.6 Å². The van der Waals surface area contributed by atoms with E-state index in [0.717, 1.165) is 13.0 Å². The molecule has 0 bridgehead atoms. The first kappa shape index (κ1) is 9.90. The molecule has 0 spiro atoms. The van der Waals surface area contributed by atoms with Gasteiger partial charge in [0.05, 0.1) is 17.3 Å². The van der Waals surface area contributed by atoms with Crippen LogP contribution in [0.5, 0.6) is 0 Å². The van der Waals surface area contributed by atoms with E-state index in [1.807, 2.05) is 0 Å². The Balaban J connectivity index is 2.09. The number of hydrogen-bond acceptors (Lipinski definition) is 3. The Morgan fingerprint density at radius 1 is 1.57 bits per heavy atom. The largest absolute Gasteiger partial charge is 0.386 e. The molecule has 2 heterocycles. The summed E-state index contributed by atoms with van der Waals surface area (Å²) in [6.45, 7) is 1.35. The van der Waals surface area contributed by atoms with Gasteiger partial charge in [0.1, 0.15) is 6.10 Å². The number of hydrogen-bond donors (Lipinski definition) is 1. The van der Waals surface area contributed by atoms with Crippen molar-refractivity contribution in [2.24, 2.45) is 5.92 Å². The van der Waals surface area contributed by atoms with E-state index in [0.29, 0.717) is 17.3 Å². The van der Waals surface area contributed by atoms with Gasteiger partial charge in [-0.1, -0.05) is 11.6 Å². The van der Waals surface area contributed by atoms with Crippen molar-refractivity contribution in [3.05, 3.63) is 29.0 Å². The maximum atomic E-state index is 9.93. The van der Waals surface area contributed by atoms with Gasteiger partial charge < -0.3 is 9.84 Å². The smallest absolute Gasteiger partial charge is 0.101 e. The quantitative estimate of drug-likeness (QED) is 0.815. The minimum absolute atomic E-state index is 0.170. The number of aromatic nitrogens is 1. The molecule has 0 radical (unpaired) electrons. The first-order chi connectivity index (χ1) is 6.77. The van der Waals surface area contributed by atoms with Crippen LogP contribution in [0.2, 0.25) is 5.02 Å². The number of ether oxygens (including phenoxy) is 1. The van der Waals surface area contributed by atoms with Gasteiger partial charge in [-0.05, 0) is 18.6 Å². The molecule has 1 fully saturated rings. The minimum Gasteiger partial charge on any atom is -0.386 e. The van der Waals surface area contributed by atoms with Crippen LogP contribution < -0.4 is 0 Å². The average molecular weight is 214 g/mol. The molecule has 0 saturated carbocycles. The summed E-state index contributed by atoms with van der Waals surface area (Å²) in [6.07, 6.45) is 1.91. The van der Waals surface area contributed by atoms with Gasteiger partial charge in [-0.3, -0.25) is 4.98 Å². The lowest BCUT2D eigenvalue weighted by Crippen LogP contribution is -2.13. The molecule has 1 aromatic rings. The Hall–Kier alpha value is -0.640. The van der Waals surface area contributed by atoms with E-state index in [-0.39, 0.29) is 5.92 Å². The van der Waals surface area contributed by atoms with Crippen LogP contribution in [0.25, 0.3) is 0 Å². The molecule has 0 aliphatic carbocycles. The van der Waals surface area contributed by atoms with Crippen LogP contribution in [0.15, 0.2) is 18.3 Å². The van der Waals surface area contributed by atoms with E-state index in [4.69, 9.17) is 16.3 Å².